The summed E-state index contributed by atoms with van der Waals surface area (Å²) >= 11 is 0. The molecule has 0 aliphatic heterocycles. The minimum Gasteiger partial charge on any atom is -0.508 e. The number of hydrogen-bond donors (Lipinski definition) is 5. The number of phenols is 1. The predicted octanol–water partition coefficient (Wildman–Crippen LogP) is 2.67. The van der Waals surface area contributed by atoms with Crippen molar-refractivity contribution in [2.75, 3.05) is 18.5 Å². The molecule has 0 aliphatic rings. The molecule has 0 radical (unpaired) electrons. The van der Waals surface area contributed by atoms with Crippen molar-refractivity contribution in [3.05, 3.63) is 59.2 Å². The van der Waals surface area contributed by atoms with E-state index in [1.807, 2.05) is 32.0 Å². The monoisotopic (exact) mass is 542 g/mol. The number of carbonyl (C=O) groups excluding carboxylic acids is 4. The van der Waals surface area contributed by atoms with Gasteiger partial charge in [-0.3, -0.25) is 14.4 Å². The molecule has 6 N–H and O–H groups in total. The number of benzene rings is 2. The van der Waals surface area contributed by atoms with Crippen molar-refractivity contribution in [2.24, 2.45) is 5.73 Å². The molecule has 0 saturated carbocycles. The van der Waals surface area contributed by atoms with Gasteiger partial charge in [-0.25, -0.2) is 4.79 Å². The smallest absolute Gasteiger partial charge is 0.408 e. The third kappa shape index (κ3) is 8.99. The summed E-state index contributed by atoms with van der Waals surface area (Å²) in [5.41, 5.74) is 6.64. The minimum atomic E-state index is -1.40. The van der Waals surface area contributed by atoms with Crippen molar-refractivity contribution < 1.29 is 34.1 Å². The fraction of sp³-hybridized carbons (Fsp3) is 0.429. The van der Waals surface area contributed by atoms with Crippen molar-refractivity contribution in [2.45, 2.75) is 65.1 Å². The molecular weight excluding hydrogens is 504 g/mol. The molecule has 0 saturated heterocycles. The number of aryl methyl sites for hydroxylation is 2. The van der Waals surface area contributed by atoms with Crippen LogP contribution >= 0.6 is 0 Å². The van der Waals surface area contributed by atoms with Crippen molar-refractivity contribution in [3.63, 3.8) is 0 Å². The molecule has 0 aliphatic carbocycles. The molecule has 0 aromatic heterocycles. The maximum atomic E-state index is 13.9. The van der Waals surface area contributed by atoms with Crippen molar-refractivity contribution in [1.29, 1.82) is 0 Å². The zero-order valence-corrected chi connectivity index (χ0v) is 23.0. The molecule has 11 nitrogen and oxygen atoms in total. The Labute approximate surface area is 228 Å². The van der Waals surface area contributed by atoms with E-state index in [1.54, 1.807) is 32.9 Å². The Morgan fingerprint density at radius 2 is 1.64 bits per heavy atom. The first-order valence-corrected chi connectivity index (χ1v) is 12.6. The average molecular weight is 543 g/mol. The second-order valence-corrected chi connectivity index (χ2v) is 10.2. The molecule has 4 amide bonds. The maximum Gasteiger partial charge on any atom is 0.408 e. The van der Waals surface area contributed by atoms with Gasteiger partial charge in [-0.15, -0.1) is 0 Å². The number of phenolic OH excluding ortho intramolecular Hbond substituents is 1. The average Bonchev–Trinajstić information content (AvgIpc) is 2.83. The lowest BCUT2D eigenvalue weighted by molar-refractivity contribution is -0.141. The number of nitrogens with one attached hydrogen (secondary N) is 2. The van der Waals surface area contributed by atoms with Crippen LogP contribution in [0, 0.1) is 13.8 Å². The fourth-order valence-corrected chi connectivity index (χ4v) is 4.04. The van der Waals surface area contributed by atoms with Gasteiger partial charge < -0.3 is 36.2 Å². The second-order valence-electron chi connectivity index (χ2n) is 10.2. The number of aliphatic hydroxyl groups is 1. The van der Waals surface area contributed by atoms with Crippen molar-refractivity contribution in [1.82, 2.24) is 10.2 Å². The summed E-state index contributed by atoms with van der Waals surface area (Å²) < 4.78 is 5.28. The first-order valence-electron chi connectivity index (χ1n) is 12.6. The number of nitrogens with zero attached hydrogens (tertiary/aromatic N) is 1. The van der Waals surface area contributed by atoms with Gasteiger partial charge in [0.2, 0.25) is 11.8 Å². The van der Waals surface area contributed by atoms with Gasteiger partial charge in [0.05, 0.1) is 6.61 Å². The van der Waals surface area contributed by atoms with Gasteiger partial charge in [0.1, 0.15) is 23.4 Å². The van der Waals surface area contributed by atoms with Crippen LogP contribution in [-0.4, -0.2) is 63.7 Å². The summed E-state index contributed by atoms with van der Waals surface area (Å²) in [5.74, 6) is -2.37. The Morgan fingerprint density at radius 1 is 1.03 bits per heavy atom. The summed E-state index contributed by atoms with van der Waals surface area (Å²) in [6.45, 7) is 7.74. The van der Waals surface area contributed by atoms with E-state index in [9.17, 15) is 29.4 Å². The normalized spacial score (nSPS) is 12.7. The highest BCUT2D eigenvalue weighted by Crippen LogP contribution is 2.32. The van der Waals surface area contributed by atoms with E-state index in [0.29, 0.717) is 5.69 Å². The van der Waals surface area contributed by atoms with E-state index < -0.39 is 48.1 Å². The number of ether oxygens (including phenoxy) is 1. The molecule has 0 bridgehead atoms. The highest BCUT2D eigenvalue weighted by molar-refractivity contribution is 6.00. The Morgan fingerprint density at radius 3 is 2.18 bits per heavy atom. The maximum absolute atomic E-state index is 13.9. The van der Waals surface area contributed by atoms with Crippen molar-refractivity contribution >= 4 is 29.5 Å². The number of aliphatic hydroxyl groups excluding tert-OH is 1. The van der Waals surface area contributed by atoms with Crippen LogP contribution in [0.15, 0.2) is 42.5 Å². The van der Waals surface area contributed by atoms with Crippen LogP contribution in [0.1, 0.15) is 56.3 Å². The number of rotatable bonds is 11. The number of primary amides is 1. The molecule has 2 rings (SSSR count). The summed E-state index contributed by atoms with van der Waals surface area (Å²) in [4.78, 5) is 52.8. The number of amides is 4. The van der Waals surface area contributed by atoms with Gasteiger partial charge in [0.15, 0.2) is 0 Å². The van der Waals surface area contributed by atoms with Crippen LogP contribution in [0.3, 0.4) is 0 Å². The van der Waals surface area contributed by atoms with Crippen LogP contribution < -0.4 is 16.4 Å². The Balaban J connectivity index is 2.56. The van der Waals surface area contributed by atoms with E-state index in [2.05, 4.69) is 10.6 Å². The molecule has 2 aromatic carbocycles. The molecule has 2 aromatic rings. The topological polar surface area (TPSA) is 171 Å². The lowest BCUT2D eigenvalue weighted by atomic mass is 10.00. The van der Waals surface area contributed by atoms with Gasteiger partial charge in [0, 0.05) is 24.2 Å². The third-order valence-corrected chi connectivity index (χ3v) is 5.81. The lowest BCUT2D eigenvalue weighted by Crippen LogP contribution is -2.53. The van der Waals surface area contributed by atoms with Crippen molar-refractivity contribution in [3.8, 4) is 5.75 Å². The van der Waals surface area contributed by atoms with Gasteiger partial charge in [-0.1, -0.05) is 36.4 Å². The number of hydrogen-bond acceptors (Lipinski definition) is 7. The molecule has 39 heavy (non-hydrogen) atoms. The summed E-state index contributed by atoms with van der Waals surface area (Å²) in [6.07, 6.45) is -1.33. The first-order chi connectivity index (χ1) is 18.2. The highest BCUT2D eigenvalue weighted by atomic mass is 16.6. The number of anilines is 1. The molecule has 0 heterocycles. The zero-order chi connectivity index (χ0) is 29.3. The van der Waals surface area contributed by atoms with Crippen LogP contribution in [0.4, 0.5) is 10.5 Å². The molecule has 0 spiro atoms. The standard InChI is InChI=1S/C28H38N4O7/c1-17-9-8-10-18(2)23(17)31-25(36)24(19-11-6-7-12-21(19)34)32(15-16-33)26(37)20(13-14-22(29)35)30-27(38)39-28(3,4)5/h6-12,20,24,33-34H,13-16H2,1-5H3,(H2,29,35)(H,30,38)(H,31,36). The van der Waals surface area contributed by atoms with Gasteiger partial charge in [-0.05, 0) is 58.2 Å². The van der Waals surface area contributed by atoms with Gasteiger partial charge in [-0.2, -0.15) is 0 Å². The van der Waals surface area contributed by atoms with Crippen LogP contribution in [0.2, 0.25) is 0 Å². The number of nitrogens with two attached hydrogens (primary N) is 1. The molecule has 2 unspecified atom stereocenters. The summed E-state index contributed by atoms with van der Waals surface area (Å²) in [5, 5.41) is 25.8. The van der Waals surface area contributed by atoms with Crippen LogP contribution in [-0.2, 0) is 19.1 Å². The first kappa shape index (κ1) is 31.1. The molecule has 2 atom stereocenters. The molecule has 11 heteroatoms. The summed E-state index contributed by atoms with van der Waals surface area (Å²) in [6, 6.07) is 8.78. The number of carbonyl (C=O) groups is 4. The van der Waals surface area contributed by atoms with E-state index in [0.717, 1.165) is 16.0 Å². The summed E-state index contributed by atoms with van der Waals surface area (Å²) in [7, 11) is 0. The van der Waals surface area contributed by atoms with E-state index >= 15 is 0 Å². The number of alkyl carbamates (subject to hydrolysis) is 1. The number of para-hydroxylation sites is 2. The Hall–Kier alpha value is -4.12. The van der Waals surface area contributed by atoms with Gasteiger partial charge >= 0.3 is 6.09 Å². The zero-order valence-electron chi connectivity index (χ0n) is 23.0. The van der Waals surface area contributed by atoms with Crippen LogP contribution in [0.25, 0.3) is 0 Å². The molecular formula is C28H38N4O7. The van der Waals surface area contributed by atoms with Crippen LogP contribution in [0.5, 0.6) is 5.75 Å². The third-order valence-electron chi connectivity index (χ3n) is 5.81. The molecule has 212 valence electrons. The van der Waals surface area contributed by atoms with E-state index in [-0.39, 0.29) is 30.7 Å². The Bertz CT molecular complexity index is 1170. The fourth-order valence-electron chi connectivity index (χ4n) is 4.04. The minimum absolute atomic E-state index is 0.106. The predicted molar refractivity (Wildman–Crippen MR) is 146 cm³/mol. The SMILES string of the molecule is Cc1cccc(C)c1NC(=O)C(c1ccccc1O)N(CCO)C(=O)C(CCC(N)=O)NC(=O)OC(C)(C)C. The Kier molecular flexibility index (Phi) is 10.9. The largest absolute Gasteiger partial charge is 0.508 e. The van der Waals surface area contributed by atoms with E-state index in [4.69, 9.17) is 10.5 Å². The molecule has 0 fully saturated rings. The lowest BCUT2D eigenvalue weighted by Gasteiger charge is -2.34. The number of aromatic hydroxyl groups is 1. The highest BCUT2D eigenvalue weighted by Gasteiger charge is 2.37. The van der Waals surface area contributed by atoms with E-state index in [1.165, 1.54) is 12.1 Å². The van der Waals surface area contributed by atoms with Gasteiger partial charge in [0.25, 0.3) is 5.91 Å². The quantitative estimate of drug-likeness (QED) is 0.290. The second kappa shape index (κ2) is 13.6.